The number of benzene rings is 2. The minimum Gasteiger partial charge on any atom is -0.378 e. The molecule has 4 nitrogen and oxygen atoms in total. The highest BCUT2D eigenvalue weighted by atomic mass is 35.5. The summed E-state index contributed by atoms with van der Waals surface area (Å²) in [5, 5.41) is 13.5. The number of nitrogens with one attached hydrogen (secondary N) is 1. The molecular weight excluding hydrogens is 340 g/mol. The molecule has 0 spiro atoms. The number of hydrogen-bond acceptors (Lipinski definition) is 4. The van der Waals surface area contributed by atoms with Crippen LogP contribution in [0, 0.1) is 6.92 Å². The molecule has 0 saturated heterocycles. The normalized spacial score (nSPS) is 10.8. The maximum Gasteiger partial charge on any atom is 0.191 e. The van der Waals surface area contributed by atoms with E-state index in [0.717, 1.165) is 27.4 Å². The molecule has 1 N–H and O–H groups in total. The molecule has 0 amide bonds. The molecule has 3 aromatic rings. The molecule has 1 heterocycles. The zero-order valence-corrected chi connectivity index (χ0v) is 15.2. The fourth-order valence-electron chi connectivity index (χ4n) is 2.21. The number of halogens is 1. The van der Waals surface area contributed by atoms with Gasteiger partial charge in [-0.25, -0.2) is 0 Å². The van der Waals surface area contributed by atoms with Gasteiger partial charge in [-0.05, 0) is 36.8 Å². The predicted molar refractivity (Wildman–Crippen MR) is 101 cm³/mol. The fraction of sp³-hybridized carbons (Fsp3) is 0.222. The maximum absolute atomic E-state index is 5.89. The third-order valence-corrected chi connectivity index (χ3v) is 5.05. The number of nitrogens with zero attached hydrogens (tertiary/aromatic N) is 3. The summed E-state index contributed by atoms with van der Waals surface area (Å²) in [6.45, 7) is 2.72. The highest BCUT2D eigenvalue weighted by molar-refractivity contribution is 7.98. The first-order valence-electron chi connectivity index (χ1n) is 7.68. The fourth-order valence-corrected chi connectivity index (χ4v) is 3.22. The molecule has 0 bridgehead atoms. The second kappa shape index (κ2) is 7.73. The summed E-state index contributed by atoms with van der Waals surface area (Å²) >= 11 is 7.59. The quantitative estimate of drug-likeness (QED) is 0.649. The van der Waals surface area contributed by atoms with Crippen LogP contribution >= 0.6 is 23.4 Å². The van der Waals surface area contributed by atoms with Crippen molar-refractivity contribution >= 4 is 29.1 Å². The topological polar surface area (TPSA) is 42.7 Å². The maximum atomic E-state index is 5.89. The first-order valence-corrected chi connectivity index (χ1v) is 9.04. The standard InChI is InChI=1S/C18H19ClN4S/c1-13-3-5-14(6-4-13)12-24-18-22-21-17(23(18)2)11-20-16-9-7-15(19)8-10-16/h3-10,20H,11-12H2,1-2H3. The predicted octanol–water partition coefficient (Wildman–Crippen LogP) is 4.68. The Morgan fingerprint density at radius 2 is 1.75 bits per heavy atom. The van der Waals surface area contributed by atoms with Gasteiger partial charge in [-0.3, -0.25) is 0 Å². The van der Waals surface area contributed by atoms with Crippen molar-refractivity contribution in [1.29, 1.82) is 0 Å². The van der Waals surface area contributed by atoms with Crippen LogP contribution in [-0.2, 0) is 19.3 Å². The number of anilines is 1. The van der Waals surface area contributed by atoms with Gasteiger partial charge in [0.25, 0.3) is 0 Å². The molecule has 6 heteroatoms. The Morgan fingerprint density at radius 3 is 2.46 bits per heavy atom. The van der Waals surface area contributed by atoms with Gasteiger partial charge in [0, 0.05) is 23.5 Å². The van der Waals surface area contributed by atoms with Gasteiger partial charge in [-0.2, -0.15) is 0 Å². The summed E-state index contributed by atoms with van der Waals surface area (Å²) in [6, 6.07) is 16.2. The van der Waals surface area contributed by atoms with E-state index in [9.17, 15) is 0 Å². The second-order valence-corrected chi connectivity index (χ2v) is 6.97. The summed E-state index contributed by atoms with van der Waals surface area (Å²) in [4.78, 5) is 0. The van der Waals surface area contributed by atoms with Crippen LogP contribution in [0.2, 0.25) is 5.02 Å². The van der Waals surface area contributed by atoms with Gasteiger partial charge in [0.05, 0.1) is 6.54 Å². The Labute approximate surface area is 151 Å². The molecule has 3 rings (SSSR count). The lowest BCUT2D eigenvalue weighted by atomic mass is 10.2. The lowest BCUT2D eigenvalue weighted by molar-refractivity contribution is 0.744. The van der Waals surface area contributed by atoms with Gasteiger partial charge in [0.2, 0.25) is 0 Å². The second-order valence-electron chi connectivity index (χ2n) is 5.59. The van der Waals surface area contributed by atoms with E-state index in [1.54, 1.807) is 11.8 Å². The molecule has 0 unspecified atom stereocenters. The summed E-state index contributed by atoms with van der Waals surface area (Å²) in [6.07, 6.45) is 0. The number of hydrogen-bond donors (Lipinski definition) is 1. The van der Waals surface area contributed by atoms with Crippen LogP contribution < -0.4 is 5.32 Å². The number of aryl methyl sites for hydroxylation is 1. The zero-order chi connectivity index (χ0) is 16.9. The van der Waals surface area contributed by atoms with Gasteiger partial charge < -0.3 is 9.88 Å². The number of aromatic nitrogens is 3. The minimum absolute atomic E-state index is 0.621. The average molecular weight is 359 g/mol. The molecule has 0 aliphatic heterocycles. The smallest absolute Gasteiger partial charge is 0.191 e. The van der Waals surface area contributed by atoms with E-state index < -0.39 is 0 Å². The van der Waals surface area contributed by atoms with Crippen molar-refractivity contribution in [3.8, 4) is 0 Å². The van der Waals surface area contributed by atoms with Crippen LogP contribution in [0.25, 0.3) is 0 Å². The number of thioether (sulfide) groups is 1. The van der Waals surface area contributed by atoms with Crippen LogP contribution in [-0.4, -0.2) is 14.8 Å². The number of rotatable bonds is 6. The van der Waals surface area contributed by atoms with Crippen molar-refractivity contribution < 1.29 is 0 Å². The Hall–Kier alpha value is -1.98. The van der Waals surface area contributed by atoms with Gasteiger partial charge in [-0.1, -0.05) is 53.2 Å². The molecule has 124 valence electrons. The molecule has 0 atom stereocenters. The van der Waals surface area contributed by atoms with Gasteiger partial charge in [0.15, 0.2) is 11.0 Å². The Kier molecular flexibility index (Phi) is 5.43. The summed E-state index contributed by atoms with van der Waals surface area (Å²) in [5.41, 5.74) is 3.57. The third-order valence-electron chi connectivity index (χ3n) is 3.71. The van der Waals surface area contributed by atoms with Crippen LogP contribution in [0.15, 0.2) is 53.7 Å². The van der Waals surface area contributed by atoms with Gasteiger partial charge in [0.1, 0.15) is 0 Å². The lowest BCUT2D eigenvalue weighted by Crippen LogP contribution is -2.06. The van der Waals surface area contributed by atoms with E-state index >= 15 is 0 Å². The van der Waals surface area contributed by atoms with Crippen LogP contribution in [0.1, 0.15) is 17.0 Å². The summed E-state index contributed by atoms with van der Waals surface area (Å²) in [5.74, 6) is 1.79. The molecular formula is C18H19ClN4S. The van der Waals surface area contributed by atoms with Crippen molar-refractivity contribution in [3.63, 3.8) is 0 Å². The van der Waals surface area contributed by atoms with Crippen LogP contribution in [0.4, 0.5) is 5.69 Å². The van der Waals surface area contributed by atoms with Gasteiger partial charge in [-0.15, -0.1) is 10.2 Å². The van der Waals surface area contributed by atoms with E-state index in [2.05, 4.69) is 46.7 Å². The Bertz CT molecular complexity index is 730. The molecule has 0 fully saturated rings. The first-order chi connectivity index (χ1) is 11.6. The van der Waals surface area contributed by atoms with E-state index in [0.29, 0.717) is 6.54 Å². The average Bonchev–Trinajstić information content (AvgIpc) is 2.94. The van der Waals surface area contributed by atoms with E-state index in [4.69, 9.17) is 11.6 Å². The molecule has 0 radical (unpaired) electrons. The van der Waals surface area contributed by atoms with E-state index in [-0.39, 0.29) is 0 Å². The van der Waals surface area contributed by atoms with Crippen molar-refractivity contribution in [2.45, 2.75) is 24.4 Å². The SMILES string of the molecule is Cc1ccc(CSc2nnc(CNc3ccc(Cl)cc3)n2C)cc1. The summed E-state index contributed by atoms with van der Waals surface area (Å²) in [7, 11) is 2.00. The van der Waals surface area contributed by atoms with Crippen molar-refractivity contribution in [3.05, 3.63) is 70.5 Å². The first kappa shape index (κ1) is 16.9. The molecule has 2 aromatic carbocycles. The van der Waals surface area contributed by atoms with E-state index in [1.807, 2.05) is 35.9 Å². The highest BCUT2D eigenvalue weighted by Crippen LogP contribution is 2.22. The van der Waals surface area contributed by atoms with Crippen molar-refractivity contribution in [1.82, 2.24) is 14.8 Å². The highest BCUT2D eigenvalue weighted by Gasteiger charge is 2.09. The molecule has 24 heavy (non-hydrogen) atoms. The van der Waals surface area contributed by atoms with Crippen LogP contribution in [0.5, 0.6) is 0 Å². The van der Waals surface area contributed by atoms with Crippen molar-refractivity contribution in [2.24, 2.45) is 7.05 Å². The monoisotopic (exact) mass is 358 g/mol. The lowest BCUT2D eigenvalue weighted by Gasteiger charge is -2.07. The zero-order valence-electron chi connectivity index (χ0n) is 13.7. The molecule has 1 aromatic heterocycles. The van der Waals surface area contributed by atoms with Crippen LogP contribution in [0.3, 0.4) is 0 Å². The minimum atomic E-state index is 0.621. The van der Waals surface area contributed by atoms with Crippen molar-refractivity contribution in [2.75, 3.05) is 5.32 Å². The third kappa shape index (κ3) is 4.30. The Morgan fingerprint density at radius 1 is 1.04 bits per heavy atom. The summed E-state index contributed by atoms with van der Waals surface area (Å²) < 4.78 is 2.03. The largest absolute Gasteiger partial charge is 0.378 e. The molecule has 0 aliphatic rings. The molecule has 0 saturated carbocycles. The van der Waals surface area contributed by atoms with Gasteiger partial charge >= 0.3 is 0 Å². The molecule has 0 aliphatic carbocycles. The van der Waals surface area contributed by atoms with E-state index in [1.165, 1.54) is 11.1 Å². The Balaban J connectivity index is 1.58.